The first-order chi connectivity index (χ1) is 9.58. The summed E-state index contributed by atoms with van der Waals surface area (Å²) in [6.07, 6.45) is 7.48. The van der Waals surface area contributed by atoms with Crippen LogP contribution in [-0.2, 0) is 4.79 Å². The highest BCUT2D eigenvalue weighted by atomic mass is 32.1. The first-order valence-corrected chi connectivity index (χ1v) is 7.70. The summed E-state index contributed by atoms with van der Waals surface area (Å²) in [5.41, 5.74) is 0.681. The van der Waals surface area contributed by atoms with E-state index in [0.29, 0.717) is 16.4 Å². The van der Waals surface area contributed by atoms with Crippen LogP contribution in [0.2, 0.25) is 0 Å². The third-order valence-corrected chi connectivity index (χ3v) is 4.57. The van der Waals surface area contributed by atoms with Crippen LogP contribution in [0.3, 0.4) is 0 Å². The van der Waals surface area contributed by atoms with Crippen LogP contribution in [0.1, 0.15) is 40.9 Å². The second kappa shape index (κ2) is 6.70. The fourth-order valence-electron chi connectivity index (χ4n) is 2.62. The van der Waals surface area contributed by atoms with Crippen LogP contribution in [0.5, 0.6) is 0 Å². The van der Waals surface area contributed by atoms with Crippen molar-refractivity contribution in [3.63, 3.8) is 0 Å². The summed E-state index contributed by atoms with van der Waals surface area (Å²) < 4.78 is 0. The normalized spacial score (nSPS) is 15.8. The molecule has 0 unspecified atom stereocenters. The molecule has 4 nitrogen and oxygen atoms in total. The predicted molar refractivity (Wildman–Crippen MR) is 79.9 cm³/mol. The molecule has 1 aromatic rings. The van der Waals surface area contributed by atoms with Crippen molar-refractivity contribution < 1.29 is 14.7 Å². The topological polar surface area (TPSA) is 57.6 Å². The molecular weight excluding hydrogens is 274 g/mol. The van der Waals surface area contributed by atoms with Crippen LogP contribution < -0.4 is 0 Å². The molecule has 0 atom stereocenters. The number of thiophene rings is 1. The van der Waals surface area contributed by atoms with E-state index >= 15 is 0 Å². The second-order valence-corrected chi connectivity index (χ2v) is 6.13. The van der Waals surface area contributed by atoms with Gasteiger partial charge < -0.3 is 10.0 Å². The Balaban J connectivity index is 2.04. The molecule has 0 bridgehead atoms. The van der Waals surface area contributed by atoms with Gasteiger partial charge >= 0.3 is 5.97 Å². The number of carboxylic acid groups (broad SMARTS) is 1. The van der Waals surface area contributed by atoms with Gasteiger partial charge in [0.1, 0.15) is 0 Å². The zero-order valence-corrected chi connectivity index (χ0v) is 12.4. The average molecular weight is 293 g/mol. The molecule has 1 amide bonds. The standard InChI is InChI=1S/C15H19NO3S/c1-16(10-11-4-2-3-5-11)15(19)14-12(8-9-20-14)6-7-13(17)18/h6-9,11H,2-5,10H2,1H3,(H,17,18). The molecule has 1 fully saturated rings. The van der Waals surface area contributed by atoms with Crippen LogP contribution in [-0.4, -0.2) is 35.5 Å². The highest BCUT2D eigenvalue weighted by Gasteiger charge is 2.22. The first kappa shape index (κ1) is 14.8. The molecule has 1 N–H and O–H groups in total. The van der Waals surface area contributed by atoms with E-state index in [2.05, 4.69) is 0 Å². The highest BCUT2D eigenvalue weighted by Crippen LogP contribution is 2.26. The molecule has 20 heavy (non-hydrogen) atoms. The van der Waals surface area contributed by atoms with E-state index in [-0.39, 0.29) is 5.91 Å². The van der Waals surface area contributed by atoms with E-state index in [9.17, 15) is 9.59 Å². The largest absolute Gasteiger partial charge is 0.478 e. The molecule has 0 saturated heterocycles. The lowest BCUT2D eigenvalue weighted by molar-refractivity contribution is -0.131. The minimum absolute atomic E-state index is 0.0167. The number of hydrogen-bond acceptors (Lipinski definition) is 3. The molecule has 108 valence electrons. The summed E-state index contributed by atoms with van der Waals surface area (Å²) in [6.45, 7) is 0.790. The van der Waals surface area contributed by atoms with E-state index in [0.717, 1.165) is 12.6 Å². The Morgan fingerprint density at radius 3 is 2.80 bits per heavy atom. The molecule has 0 spiro atoms. The molecule has 0 aliphatic heterocycles. The van der Waals surface area contributed by atoms with Gasteiger partial charge in [-0.15, -0.1) is 11.3 Å². The number of carbonyl (C=O) groups is 2. The first-order valence-electron chi connectivity index (χ1n) is 6.82. The molecule has 1 heterocycles. The van der Waals surface area contributed by atoms with Gasteiger partial charge in [0.25, 0.3) is 5.91 Å². The van der Waals surface area contributed by atoms with Gasteiger partial charge in [-0.2, -0.15) is 0 Å². The van der Waals surface area contributed by atoms with Crippen LogP contribution in [0.15, 0.2) is 17.5 Å². The van der Waals surface area contributed by atoms with Gasteiger partial charge in [0, 0.05) is 19.7 Å². The van der Waals surface area contributed by atoms with Gasteiger partial charge in [-0.3, -0.25) is 4.79 Å². The second-order valence-electron chi connectivity index (χ2n) is 5.21. The van der Waals surface area contributed by atoms with Crippen molar-refractivity contribution >= 4 is 29.3 Å². The lowest BCUT2D eigenvalue weighted by Crippen LogP contribution is -2.30. The summed E-state index contributed by atoms with van der Waals surface area (Å²) in [5.74, 6) is -0.409. The predicted octanol–water partition coefficient (Wildman–Crippen LogP) is 3.11. The molecule has 1 aromatic heterocycles. The minimum atomic E-state index is -1.01. The molecule has 2 rings (SSSR count). The number of carboxylic acids is 1. The van der Waals surface area contributed by atoms with Gasteiger partial charge in [-0.05, 0) is 41.8 Å². The molecule has 1 saturated carbocycles. The van der Waals surface area contributed by atoms with Crippen molar-refractivity contribution in [2.75, 3.05) is 13.6 Å². The minimum Gasteiger partial charge on any atom is -0.478 e. The molecule has 1 aliphatic rings. The summed E-state index contributed by atoms with van der Waals surface area (Å²) in [4.78, 5) is 25.4. The fourth-order valence-corrected chi connectivity index (χ4v) is 3.50. The van der Waals surface area contributed by atoms with Crippen molar-refractivity contribution in [3.8, 4) is 0 Å². The Hall–Kier alpha value is -1.62. The van der Waals surface area contributed by atoms with E-state index in [4.69, 9.17) is 5.11 Å². The van der Waals surface area contributed by atoms with E-state index < -0.39 is 5.97 Å². The Morgan fingerprint density at radius 2 is 2.15 bits per heavy atom. The number of rotatable bonds is 5. The molecule has 0 radical (unpaired) electrons. The third kappa shape index (κ3) is 3.70. The van der Waals surface area contributed by atoms with Crippen molar-refractivity contribution in [2.24, 2.45) is 5.92 Å². The van der Waals surface area contributed by atoms with Gasteiger partial charge in [0.15, 0.2) is 0 Å². The van der Waals surface area contributed by atoms with Crippen LogP contribution >= 0.6 is 11.3 Å². The van der Waals surface area contributed by atoms with E-state index in [1.54, 1.807) is 11.0 Å². The quantitative estimate of drug-likeness (QED) is 0.849. The maximum atomic E-state index is 12.4. The third-order valence-electron chi connectivity index (χ3n) is 3.65. The molecular formula is C15H19NO3S. The highest BCUT2D eigenvalue weighted by molar-refractivity contribution is 7.12. The molecule has 1 aliphatic carbocycles. The Morgan fingerprint density at radius 1 is 1.45 bits per heavy atom. The number of amides is 1. The summed E-state index contributed by atoms with van der Waals surface area (Å²) in [6, 6.07) is 1.78. The van der Waals surface area contributed by atoms with E-state index in [1.807, 2.05) is 12.4 Å². The lowest BCUT2D eigenvalue weighted by Gasteiger charge is -2.20. The van der Waals surface area contributed by atoms with E-state index in [1.165, 1.54) is 43.1 Å². The average Bonchev–Trinajstić information content (AvgIpc) is 3.06. The zero-order chi connectivity index (χ0) is 14.5. The molecule has 0 aromatic carbocycles. The molecule has 5 heteroatoms. The lowest BCUT2D eigenvalue weighted by atomic mass is 10.1. The fraction of sp³-hybridized carbons (Fsp3) is 0.467. The van der Waals surface area contributed by atoms with Crippen molar-refractivity contribution in [2.45, 2.75) is 25.7 Å². The van der Waals surface area contributed by atoms with Crippen molar-refractivity contribution in [1.82, 2.24) is 4.90 Å². The smallest absolute Gasteiger partial charge is 0.328 e. The van der Waals surface area contributed by atoms with Crippen LogP contribution in [0.4, 0.5) is 0 Å². The number of aliphatic carboxylic acids is 1. The Labute approximate surface area is 122 Å². The van der Waals surface area contributed by atoms with Gasteiger partial charge in [-0.1, -0.05) is 12.8 Å². The van der Waals surface area contributed by atoms with Crippen LogP contribution in [0.25, 0.3) is 6.08 Å². The van der Waals surface area contributed by atoms with Crippen LogP contribution in [0, 0.1) is 5.92 Å². The van der Waals surface area contributed by atoms with Crippen molar-refractivity contribution in [1.29, 1.82) is 0 Å². The summed E-state index contributed by atoms with van der Waals surface area (Å²) in [5, 5.41) is 10.5. The number of nitrogens with zero attached hydrogens (tertiary/aromatic N) is 1. The van der Waals surface area contributed by atoms with Gasteiger partial charge in [0.2, 0.25) is 0 Å². The number of carbonyl (C=O) groups excluding carboxylic acids is 1. The summed E-state index contributed by atoms with van der Waals surface area (Å²) >= 11 is 1.36. The number of hydrogen-bond donors (Lipinski definition) is 1. The monoisotopic (exact) mass is 293 g/mol. The van der Waals surface area contributed by atoms with Crippen molar-refractivity contribution in [3.05, 3.63) is 28.0 Å². The van der Waals surface area contributed by atoms with Gasteiger partial charge in [0.05, 0.1) is 4.88 Å². The SMILES string of the molecule is CN(CC1CCCC1)C(=O)c1sccc1C=CC(=O)O. The zero-order valence-electron chi connectivity index (χ0n) is 11.5. The maximum absolute atomic E-state index is 12.4. The maximum Gasteiger partial charge on any atom is 0.328 e. The van der Waals surface area contributed by atoms with Gasteiger partial charge in [-0.25, -0.2) is 4.79 Å². The Kier molecular flexibility index (Phi) is 4.95. The summed E-state index contributed by atoms with van der Waals surface area (Å²) in [7, 11) is 1.82. The Bertz CT molecular complexity index is 515.